The molecule has 0 spiro atoms. The second-order valence-electron chi connectivity index (χ2n) is 7.83. The van der Waals surface area contributed by atoms with Gasteiger partial charge in [-0.2, -0.15) is 0 Å². The number of guanidine groups is 1. The van der Waals surface area contributed by atoms with Crippen LogP contribution in [0.3, 0.4) is 0 Å². The molecule has 154 valence electrons. The molecule has 1 heterocycles. The Balaban J connectivity index is 0.00000338. The van der Waals surface area contributed by atoms with Crippen molar-refractivity contribution in [2.24, 2.45) is 10.9 Å². The molecule has 0 unspecified atom stereocenters. The predicted molar refractivity (Wildman–Crippen MR) is 124 cm³/mol. The van der Waals surface area contributed by atoms with Crippen molar-refractivity contribution in [3.05, 3.63) is 0 Å². The molecule has 0 atom stereocenters. The molecule has 1 aliphatic carbocycles. The number of nitrogens with zero attached hydrogens (tertiary/aromatic N) is 3. The highest BCUT2D eigenvalue weighted by Crippen LogP contribution is 2.27. The predicted octanol–water partition coefficient (Wildman–Crippen LogP) is 3.16. The summed E-state index contributed by atoms with van der Waals surface area (Å²) in [6.07, 6.45) is 11.1. The first-order chi connectivity index (χ1) is 12.3. The summed E-state index contributed by atoms with van der Waals surface area (Å²) >= 11 is 0. The second-order valence-corrected chi connectivity index (χ2v) is 7.83. The summed E-state index contributed by atoms with van der Waals surface area (Å²) in [5.74, 6) is 1.97. The van der Waals surface area contributed by atoms with Crippen molar-refractivity contribution in [1.82, 2.24) is 20.4 Å². The largest absolute Gasteiger partial charge is 0.357 e. The highest BCUT2D eigenvalue weighted by Gasteiger charge is 2.13. The van der Waals surface area contributed by atoms with Gasteiger partial charge in [0.1, 0.15) is 0 Å². The summed E-state index contributed by atoms with van der Waals surface area (Å²) in [4.78, 5) is 9.79. The molecule has 1 aliphatic heterocycles. The van der Waals surface area contributed by atoms with Gasteiger partial charge in [-0.1, -0.05) is 32.1 Å². The summed E-state index contributed by atoms with van der Waals surface area (Å²) in [5, 5.41) is 6.91. The molecule has 0 aromatic carbocycles. The van der Waals surface area contributed by atoms with Gasteiger partial charge >= 0.3 is 0 Å². The van der Waals surface area contributed by atoms with Crippen LogP contribution in [0.2, 0.25) is 0 Å². The monoisotopic (exact) mass is 479 g/mol. The lowest BCUT2D eigenvalue weighted by molar-refractivity contribution is 0.280. The number of likely N-dealkylation sites (N-methyl/N-ethyl adjacent to an activating group) is 1. The third kappa shape index (κ3) is 10.3. The quantitative estimate of drug-likeness (QED) is 0.243. The minimum atomic E-state index is 0. The molecule has 6 heteroatoms. The van der Waals surface area contributed by atoms with Gasteiger partial charge in [0, 0.05) is 39.3 Å². The molecule has 2 fully saturated rings. The maximum Gasteiger partial charge on any atom is 0.191 e. The van der Waals surface area contributed by atoms with E-state index in [-0.39, 0.29) is 24.0 Å². The van der Waals surface area contributed by atoms with Gasteiger partial charge in [0.15, 0.2) is 5.96 Å². The average molecular weight is 479 g/mol. The number of aliphatic imine (C=N–C) groups is 1. The summed E-state index contributed by atoms with van der Waals surface area (Å²) in [5.41, 5.74) is 0. The van der Waals surface area contributed by atoms with Crippen LogP contribution >= 0.6 is 24.0 Å². The summed E-state index contributed by atoms with van der Waals surface area (Å²) < 4.78 is 0. The van der Waals surface area contributed by atoms with E-state index in [0.29, 0.717) is 0 Å². The van der Waals surface area contributed by atoms with Crippen molar-refractivity contribution in [3.8, 4) is 0 Å². The summed E-state index contributed by atoms with van der Waals surface area (Å²) in [6.45, 7) is 11.0. The standard InChI is InChI=1S/C20H41N5.HI/c1-3-21-20(22-12-7-11-19-9-5-4-6-10-19)23-13-16-25-15-8-14-24(2)17-18-25;/h19H,3-18H2,1-2H3,(H2,21,22,23);1H. The van der Waals surface area contributed by atoms with E-state index < -0.39 is 0 Å². The van der Waals surface area contributed by atoms with Gasteiger partial charge in [0.05, 0.1) is 0 Å². The molecule has 1 saturated heterocycles. The Morgan fingerprint density at radius 3 is 2.58 bits per heavy atom. The highest BCUT2D eigenvalue weighted by molar-refractivity contribution is 14.0. The summed E-state index contributed by atoms with van der Waals surface area (Å²) in [6, 6.07) is 0. The average Bonchev–Trinajstić information content (AvgIpc) is 2.84. The molecule has 26 heavy (non-hydrogen) atoms. The van der Waals surface area contributed by atoms with E-state index in [1.165, 1.54) is 77.5 Å². The first-order valence-corrected chi connectivity index (χ1v) is 10.7. The van der Waals surface area contributed by atoms with Crippen LogP contribution in [0.15, 0.2) is 4.99 Å². The van der Waals surface area contributed by atoms with Gasteiger partial charge in [0.2, 0.25) is 0 Å². The minimum absolute atomic E-state index is 0. The fourth-order valence-electron chi connectivity index (χ4n) is 4.04. The zero-order chi connectivity index (χ0) is 17.7. The van der Waals surface area contributed by atoms with Crippen molar-refractivity contribution < 1.29 is 0 Å². The Bertz CT molecular complexity index is 371. The third-order valence-corrected chi connectivity index (χ3v) is 5.64. The molecule has 1 saturated carbocycles. The SMILES string of the molecule is CCNC(=NCCCC1CCCCC1)NCCN1CCCN(C)CC1.I. The van der Waals surface area contributed by atoms with Crippen molar-refractivity contribution in [2.75, 3.05) is 59.4 Å². The second kappa shape index (κ2) is 14.9. The molecule has 0 aromatic heterocycles. The van der Waals surface area contributed by atoms with Gasteiger partial charge in [-0.15, -0.1) is 24.0 Å². The lowest BCUT2D eigenvalue weighted by Crippen LogP contribution is -2.42. The van der Waals surface area contributed by atoms with E-state index in [9.17, 15) is 0 Å². The van der Waals surface area contributed by atoms with Gasteiger partial charge in [-0.3, -0.25) is 4.99 Å². The fourth-order valence-corrected chi connectivity index (χ4v) is 4.04. The zero-order valence-electron chi connectivity index (χ0n) is 17.1. The molecular weight excluding hydrogens is 437 g/mol. The van der Waals surface area contributed by atoms with Crippen LogP contribution in [0.5, 0.6) is 0 Å². The number of halogens is 1. The lowest BCUT2D eigenvalue weighted by Gasteiger charge is -2.21. The Morgan fingerprint density at radius 1 is 1.00 bits per heavy atom. The van der Waals surface area contributed by atoms with Gasteiger partial charge in [-0.05, 0) is 52.2 Å². The van der Waals surface area contributed by atoms with Crippen molar-refractivity contribution in [1.29, 1.82) is 0 Å². The first kappa shape index (κ1) is 24.0. The number of rotatable bonds is 8. The van der Waals surface area contributed by atoms with Crippen LogP contribution in [0.1, 0.15) is 58.3 Å². The Kier molecular flexibility index (Phi) is 13.7. The van der Waals surface area contributed by atoms with Gasteiger partial charge in [-0.25, -0.2) is 0 Å². The zero-order valence-corrected chi connectivity index (χ0v) is 19.5. The van der Waals surface area contributed by atoms with E-state index in [2.05, 4.69) is 34.4 Å². The van der Waals surface area contributed by atoms with Crippen molar-refractivity contribution in [2.45, 2.75) is 58.3 Å². The maximum absolute atomic E-state index is 4.78. The topological polar surface area (TPSA) is 42.9 Å². The Hall–Kier alpha value is -0.0800. The normalized spacial score (nSPS) is 21.1. The molecule has 0 amide bonds. The molecule has 0 bridgehead atoms. The van der Waals surface area contributed by atoms with Crippen molar-refractivity contribution >= 4 is 29.9 Å². The first-order valence-electron chi connectivity index (χ1n) is 10.7. The fraction of sp³-hybridized carbons (Fsp3) is 0.950. The number of hydrogen-bond donors (Lipinski definition) is 2. The third-order valence-electron chi connectivity index (χ3n) is 5.64. The maximum atomic E-state index is 4.78. The van der Waals surface area contributed by atoms with Crippen LogP contribution in [0, 0.1) is 5.92 Å². The molecule has 0 radical (unpaired) electrons. The van der Waals surface area contributed by atoms with Gasteiger partial charge in [0.25, 0.3) is 0 Å². The van der Waals surface area contributed by atoms with Crippen molar-refractivity contribution in [3.63, 3.8) is 0 Å². The van der Waals surface area contributed by atoms with Crippen LogP contribution in [-0.4, -0.2) is 75.2 Å². The van der Waals surface area contributed by atoms with E-state index in [1.54, 1.807) is 0 Å². The highest BCUT2D eigenvalue weighted by atomic mass is 127. The van der Waals surface area contributed by atoms with Gasteiger partial charge < -0.3 is 20.4 Å². The number of nitrogens with one attached hydrogen (secondary N) is 2. The Labute approximate surface area is 178 Å². The van der Waals surface area contributed by atoms with Crippen LogP contribution in [0.25, 0.3) is 0 Å². The van der Waals surface area contributed by atoms with E-state index in [1.807, 2.05) is 0 Å². The molecule has 2 rings (SSSR count). The van der Waals surface area contributed by atoms with E-state index in [0.717, 1.165) is 38.1 Å². The summed E-state index contributed by atoms with van der Waals surface area (Å²) in [7, 11) is 2.23. The molecule has 0 aromatic rings. The molecule has 2 N–H and O–H groups in total. The Morgan fingerprint density at radius 2 is 1.81 bits per heavy atom. The smallest absolute Gasteiger partial charge is 0.191 e. The van der Waals surface area contributed by atoms with Crippen LogP contribution in [-0.2, 0) is 0 Å². The molecule has 2 aliphatic rings. The lowest BCUT2D eigenvalue weighted by atomic mass is 9.86. The minimum Gasteiger partial charge on any atom is -0.357 e. The van der Waals surface area contributed by atoms with Crippen LogP contribution in [0.4, 0.5) is 0 Å². The van der Waals surface area contributed by atoms with E-state index in [4.69, 9.17) is 4.99 Å². The van der Waals surface area contributed by atoms with Crippen LogP contribution < -0.4 is 10.6 Å². The molecule has 5 nitrogen and oxygen atoms in total. The number of hydrogen-bond acceptors (Lipinski definition) is 3. The molecular formula is C20H42IN5. The van der Waals surface area contributed by atoms with E-state index >= 15 is 0 Å².